The van der Waals surface area contributed by atoms with E-state index in [1.165, 1.54) is 4.57 Å². The number of carbonyl (C=O) groups is 1. The number of benzene rings is 2. The summed E-state index contributed by atoms with van der Waals surface area (Å²) in [5.41, 5.74) is 2.04. The fraction of sp³-hybridized carbons (Fsp3) is 0.483. The Morgan fingerprint density at radius 3 is 2.58 bits per heavy atom. The van der Waals surface area contributed by atoms with Crippen LogP contribution in [-0.2, 0) is 11.3 Å². The Morgan fingerprint density at radius 1 is 1.16 bits per heavy atom. The van der Waals surface area contributed by atoms with Crippen molar-refractivity contribution >= 4 is 28.4 Å². The maximum Gasteiger partial charge on any atom is 0.262 e. The average molecular weight is 543 g/mol. The molecular formula is C29H33ClF2N4O2. The summed E-state index contributed by atoms with van der Waals surface area (Å²) in [5.74, 6) is -1.60. The van der Waals surface area contributed by atoms with Gasteiger partial charge in [-0.05, 0) is 68.4 Å². The molecule has 5 rings (SSSR count). The Hall–Kier alpha value is -2.84. The number of alkyl halides is 2. The first-order valence-corrected chi connectivity index (χ1v) is 13.7. The molecule has 0 radical (unpaired) electrons. The highest BCUT2D eigenvalue weighted by Crippen LogP contribution is 2.43. The number of fused-ring (bicyclic) bond motifs is 1. The van der Waals surface area contributed by atoms with Crippen LogP contribution >= 0.6 is 11.6 Å². The Morgan fingerprint density at radius 2 is 1.89 bits per heavy atom. The zero-order valence-corrected chi connectivity index (χ0v) is 22.5. The zero-order valence-electron chi connectivity index (χ0n) is 21.7. The number of nitrogens with one attached hydrogen (secondary N) is 1. The number of rotatable bonds is 7. The molecule has 0 unspecified atom stereocenters. The molecule has 1 aromatic heterocycles. The summed E-state index contributed by atoms with van der Waals surface area (Å²) in [5, 5.41) is 3.84. The van der Waals surface area contributed by atoms with E-state index in [4.69, 9.17) is 16.6 Å². The van der Waals surface area contributed by atoms with Gasteiger partial charge >= 0.3 is 0 Å². The molecule has 9 heteroatoms. The quantitative estimate of drug-likeness (QED) is 0.430. The Kier molecular flexibility index (Phi) is 7.56. The summed E-state index contributed by atoms with van der Waals surface area (Å²) < 4.78 is 28.3. The van der Waals surface area contributed by atoms with E-state index in [-0.39, 0.29) is 36.9 Å². The number of carbonyl (C=O) groups excluding carboxylic acids is 1. The number of halogens is 3. The number of nitrogens with zero attached hydrogens (tertiary/aromatic N) is 3. The molecule has 3 aromatic rings. The second kappa shape index (κ2) is 10.7. The maximum absolute atomic E-state index is 13.7. The normalized spacial score (nSPS) is 21.4. The van der Waals surface area contributed by atoms with Crippen molar-refractivity contribution in [2.75, 3.05) is 19.6 Å². The summed E-state index contributed by atoms with van der Waals surface area (Å²) in [6, 6.07) is 12.8. The third kappa shape index (κ3) is 5.91. The second-order valence-corrected chi connectivity index (χ2v) is 11.5. The van der Waals surface area contributed by atoms with Crippen molar-refractivity contribution in [3.05, 3.63) is 63.4 Å². The van der Waals surface area contributed by atoms with Crippen LogP contribution in [0.1, 0.15) is 51.0 Å². The number of hydrogen-bond acceptors (Lipinski definition) is 4. The number of aromatic nitrogens is 2. The predicted octanol–water partition coefficient (Wildman–Crippen LogP) is 5.47. The first-order chi connectivity index (χ1) is 18.1. The largest absolute Gasteiger partial charge is 0.352 e. The van der Waals surface area contributed by atoms with Crippen LogP contribution in [0.2, 0.25) is 5.02 Å². The minimum Gasteiger partial charge on any atom is -0.352 e. The highest BCUT2D eigenvalue weighted by atomic mass is 35.5. The molecule has 1 saturated carbocycles. The smallest absolute Gasteiger partial charge is 0.262 e. The number of piperidine rings is 1. The van der Waals surface area contributed by atoms with Gasteiger partial charge in [-0.3, -0.25) is 14.2 Å². The van der Waals surface area contributed by atoms with E-state index in [2.05, 4.69) is 10.2 Å². The zero-order chi connectivity index (χ0) is 27.0. The van der Waals surface area contributed by atoms with Crippen molar-refractivity contribution in [2.45, 2.75) is 64.0 Å². The highest BCUT2D eigenvalue weighted by Gasteiger charge is 2.37. The van der Waals surface area contributed by atoms with E-state index in [1.54, 1.807) is 18.2 Å². The first-order valence-electron chi connectivity index (χ1n) is 13.3. The molecule has 0 bridgehead atoms. The number of hydrogen-bond donors (Lipinski definition) is 1. The summed E-state index contributed by atoms with van der Waals surface area (Å²) in [4.78, 5) is 33.3. The van der Waals surface area contributed by atoms with Crippen molar-refractivity contribution in [2.24, 2.45) is 5.92 Å². The molecule has 2 heterocycles. The van der Waals surface area contributed by atoms with Gasteiger partial charge in [0, 0.05) is 49.1 Å². The first kappa shape index (κ1) is 26.8. The summed E-state index contributed by atoms with van der Waals surface area (Å²) in [6.45, 7) is 5.35. The topological polar surface area (TPSA) is 67.2 Å². The molecule has 1 amide bonds. The molecule has 2 aliphatic rings. The Labute approximate surface area is 226 Å². The molecule has 0 atom stereocenters. The molecule has 1 N–H and O–H groups in total. The van der Waals surface area contributed by atoms with Crippen LogP contribution < -0.4 is 10.9 Å². The molecule has 6 nitrogen and oxygen atoms in total. The summed E-state index contributed by atoms with van der Waals surface area (Å²) in [6.07, 6.45) is 1.83. The minimum absolute atomic E-state index is 0.0548. The van der Waals surface area contributed by atoms with Crippen LogP contribution in [-0.4, -0.2) is 52.0 Å². The maximum atomic E-state index is 13.7. The number of amides is 1. The van der Waals surface area contributed by atoms with Crippen LogP contribution in [0.15, 0.2) is 47.3 Å². The van der Waals surface area contributed by atoms with Crippen molar-refractivity contribution in [3.8, 4) is 11.4 Å². The fourth-order valence-corrected chi connectivity index (χ4v) is 5.77. The lowest BCUT2D eigenvalue weighted by Gasteiger charge is -2.41. The Balaban J connectivity index is 1.39. The van der Waals surface area contributed by atoms with Gasteiger partial charge in [0.05, 0.1) is 10.9 Å². The molecule has 0 spiro atoms. The van der Waals surface area contributed by atoms with E-state index < -0.39 is 5.92 Å². The van der Waals surface area contributed by atoms with Crippen molar-refractivity contribution in [1.82, 2.24) is 19.8 Å². The van der Waals surface area contributed by atoms with Crippen molar-refractivity contribution in [1.29, 1.82) is 0 Å². The molecule has 1 aliphatic heterocycles. The van der Waals surface area contributed by atoms with Gasteiger partial charge < -0.3 is 10.2 Å². The van der Waals surface area contributed by atoms with Gasteiger partial charge in [0.15, 0.2) is 0 Å². The second-order valence-electron chi connectivity index (χ2n) is 11.0. The third-order valence-electron chi connectivity index (χ3n) is 7.62. The van der Waals surface area contributed by atoms with Crippen molar-refractivity contribution < 1.29 is 13.6 Å². The summed E-state index contributed by atoms with van der Waals surface area (Å²) in [7, 11) is 0. The van der Waals surface area contributed by atoms with Gasteiger partial charge in [-0.1, -0.05) is 29.8 Å². The van der Waals surface area contributed by atoms with Crippen LogP contribution in [0.5, 0.6) is 0 Å². The molecule has 2 aromatic carbocycles. The minimum atomic E-state index is -2.52. The standard InChI is InChI=1S/C29H33ClF2N4O2/c1-18(2)33-26(37)17-36-27(21-4-3-5-23(30)14-21)34-25-7-6-20(15-24(25)28(36)38)22-12-19(13-22)16-35-10-8-29(31,32)9-11-35/h3-7,14-15,18-19,22H,8-13,16-17H2,1-2H3,(H,33,37)/t19-,22+. The number of likely N-dealkylation sites (tertiary alicyclic amines) is 1. The fourth-order valence-electron chi connectivity index (χ4n) is 5.58. The predicted molar refractivity (Wildman–Crippen MR) is 146 cm³/mol. The van der Waals surface area contributed by atoms with E-state index in [0.29, 0.717) is 52.2 Å². The summed E-state index contributed by atoms with van der Waals surface area (Å²) >= 11 is 6.21. The molecule has 38 heavy (non-hydrogen) atoms. The lowest BCUT2D eigenvalue weighted by atomic mass is 9.71. The molecule has 2 fully saturated rings. The van der Waals surface area contributed by atoms with Gasteiger partial charge in [-0.15, -0.1) is 0 Å². The van der Waals surface area contributed by atoms with E-state index in [1.807, 2.05) is 38.1 Å². The van der Waals surface area contributed by atoms with Crippen molar-refractivity contribution in [3.63, 3.8) is 0 Å². The van der Waals surface area contributed by atoms with Gasteiger partial charge in [-0.25, -0.2) is 13.8 Å². The van der Waals surface area contributed by atoms with Crippen LogP contribution in [0.4, 0.5) is 8.78 Å². The van der Waals surface area contributed by atoms with Gasteiger partial charge in [0.2, 0.25) is 5.91 Å². The SMILES string of the molecule is CC(C)NC(=O)Cn1c(-c2cccc(Cl)c2)nc2ccc([C@H]3C[C@@H](CN4CCC(F)(F)CC4)C3)cc2c1=O. The van der Waals surface area contributed by atoms with Gasteiger partial charge in [-0.2, -0.15) is 0 Å². The van der Waals surface area contributed by atoms with Crippen LogP contribution in [0.25, 0.3) is 22.3 Å². The molecule has 202 valence electrons. The van der Waals surface area contributed by atoms with Gasteiger partial charge in [0.25, 0.3) is 11.5 Å². The van der Waals surface area contributed by atoms with E-state index in [0.717, 1.165) is 24.9 Å². The molecule has 1 aliphatic carbocycles. The third-order valence-corrected chi connectivity index (χ3v) is 7.86. The molecular weight excluding hydrogens is 510 g/mol. The van der Waals surface area contributed by atoms with Crippen LogP contribution in [0, 0.1) is 5.92 Å². The van der Waals surface area contributed by atoms with E-state index >= 15 is 0 Å². The van der Waals surface area contributed by atoms with Gasteiger partial charge in [0.1, 0.15) is 12.4 Å². The molecule has 1 saturated heterocycles. The highest BCUT2D eigenvalue weighted by molar-refractivity contribution is 6.30. The lowest BCUT2D eigenvalue weighted by Crippen LogP contribution is -2.43. The lowest BCUT2D eigenvalue weighted by molar-refractivity contribution is -0.122. The van der Waals surface area contributed by atoms with E-state index in [9.17, 15) is 18.4 Å². The average Bonchev–Trinajstić information content (AvgIpc) is 2.83. The monoisotopic (exact) mass is 542 g/mol. The Bertz CT molecular complexity index is 1390. The van der Waals surface area contributed by atoms with Crippen LogP contribution in [0.3, 0.4) is 0 Å².